The Morgan fingerprint density at radius 3 is 2.75 bits per heavy atom. The highest BCUT2D eigenvalue weighted by Gasteiger charge is 2.38. The molecule has 1 aromatic carbocycles. The highest BCUT2D eigenvalue weighted by molar-refractivity contribution is 6.22. The summed E-state index contributed by atoms with van der Waals surface area (Å²) in [6.45, 7) is 7.46. The van der Waals surface area contributed by atoms with E-state index in [0.717, 1.165) is 37.4 Å². The fourth-order valence-electron chi connectivity index (χ4n) is 4.02. The molecule has 3 rings (SSSR count). The monoisotopic (exact) mass is 386 g/mol. The third kappa shape index (κ3) is 4.61. The van der Waals surface area contributed by atoms with Gasteiger partial charge in [0.05, 0.1) is 17.9 Å². The maximum absolute atomic E-state index is 12.7. The van der Waals surface area contributed by atoms with Crippen LogP contribution in [0.5, 0.6) is 0 Å². The largest absolute Gasteiger partial charge is 0.462 e. The average Bonchev–Trinajstić information content (AvgIpc) is 2.96. The summed E-state index contributed by atoms with van der Waals surface area (Å²) in [4.78, 5) is 40.9. The maximum Gasteiger partial charge on any atom is 0.340 e. The molecule has 0 spiro atoms. The summed E-state index contributed by atoms with van der Waals surface area (Å²) in [5, 5.41) is 0. The number of anilines is 1. The molecule has 2 saturated heterocycles. The SMILES string of the molecule is CCCCN1CCC[C@H](COC(=O)c2ccccc2N2C(=O)C[C@H](C)C2=O)C1. The summed E-state index contributed by atoms with van der Waals surface area (Å²) < 4.78 is 5.60. The Morgan fingerprint density at radius 1 is 1.25 bits per heavy atom. The molecule has 0 N–H and O–H groups in total. The second-order valence-corrected chi connectivity index (χ2v) is 7.95. The molecule has 2 atom stereocenters. The molecule has 152 valence electrons. The first-order valence-electron chi connectivity index (χ1n) is 10.4. The van der Waals surface area contributed by atoms with Crippen LogP contribution in [-0.4, -0.2) is 48.9 Å². The van der Waals surface area contributed by atoms with Crippen LogP contribution in [0.2, 0.25) is 0 Å². The highest BCUT2D eigenvalue weighted by atomic mass is 16.5. The van der Waals surface area contributed by atoms with Crippen LogP contribution in [0.25, 0.3) is 0 Å². The van der Waals surface area contributed by atoms with Gasteiger partial charge in [0.15, 0.2) is 0 Å². The number of rotatable bonds is 7. The first-order chi connectivity index (χ1) is 13.5. The van der Waals surface area contributed by atoms with Crippen molar-refractivity contribution >= 4 is 23.5 Å². The quantitative estimate of drug-likeness (QED) is 0.532. The Bertz CT molecular complexity index is 733. The van der Waals surface area contributed by atoms with Crippen LogP contribution < -0.4 is 4.90 Å². The van der Waals surface area contributed by atoms with Gasteiger partial charge in [-0.3, -0.25) is 9.59 Å². The van der Waals surface area contributed by atoms with Gasteiger partial charge in [0.1, 0.15) is 0 Å². The van der Waals surface area contributed by atoms with E-state index in [9.17, 15) is 14.4 Å². The van der Waals surface area contributed by atoms with Crippen molar-refractivity contribution in [1.82, 2.24) is 4.90 Å². The van der Waals surface area contributed by atoms with Crippen LogP contribution in [0.1, 0.15) is 56.3 Å². The topological polar surface area (TPSA) is 66.9 Å². The Morgan fingerprint density at radius 2 is 2.04 bits per heavy atom. The number of esters is 1. The lowest BCUT2D eigenvalue weighted by Gasteiger charge is -2.32. The molecule has 0 unspecified atom stereocenters. The summed E-state index contributed by atoms with van der Waals surface area (Å²) in [6.07, 6.45) is 4.73. The van der Waals surface area contributed by atoms with Gasteiger partial charge in [0.25, 0.3) is 0 Å². The minimum absolute atomic E-state index is 0.178. The van der Waals surface area contributed by atoms with E-state index >= 15 is 0 Å². The molecule has 0 bridgehead atoms. The zero-order valence-electron chi connectivity index (χ0n) is 16.9. The highest BCUT2D eigenvalue weighted by Crippen LogP contribution is 2.29. The number of benzene rings is 1. The number of nitrogens with zero attached hydrogens (tertiary/aromatic N) is 2. The van der Waals surface area contributed by atoms with Gasteiger partial charge >= 0.3 is 5.97 Å². The van der Waals surface area contributed by atoms with Crippen molar-refractivity contribution in [2.45, 2.75) is 46.0 Å². The minimum Gasteiger partial charge on any atom is -0.462 e. The number of carbonyl (C=O) groups is 3. The number of imide groups is 1. The lowest BCUT2D eigenvalue weighted by molar-refractivity contribution is -0.122. The van der Waals surface area contributed by atoms with Gasteiger partial charge in [-0.15, -0.1) is 0 Å². The zero-order valence-corrected chi connectivity index (χ0v) is 16.9. The number of unbranched alkanes of at least 4 members (excludes halogenated alkanes) is 1. The number of hydrogen-bond donors (Lipinski definition) is 0. The fourth-order valence-corrected chi connectivity index (χ4v) is 4.02. The summed E-state index contributed by atoms with van der Waals surface area (Å²) in [5.41, 5.74) is 0.608. The number of hydrogen-bond acceptors (Lipinski definition) is 5. The molecule has 0 aromatic heterocycles. The Hall–Kier alpha value is -2.21. The van der Waals surface area contributed by atoms with E-state index < -0.39 is 5.97 Å². The molecule has 2 amide bonds. The van der Waals surface area contributed by atoms with Gasteiger partial charge < -0.3 is 9.64 Å². The minimum atomic E-state index is -0.471. The number of piperidine rings is 1. The molecular formula is C22H30N2O4. The molecular weight excluding hydrogens is 356 g/mol. The third-order valence-electron chi connectivity index (χ3n) is 5.62. The van der Waals surface area contributed by atoms with E-state index in [0.29, 0.717) is 18.2 Å². The number of likely N-dealkylation sites (tertiary alicyclic amines) is 1. The van der Waals surface area contributed by atoms with Crippen LogP contribution in [0.15, 0.2) is 24.3 Å². The Kier molecular flexibility index (Phi) is 6.83. The van der Waals surface area contributed by atoms with Gasteiger partial charge in [-0.1, -0.05) is 32.4 Å². The van der Waals surface area contributed by atoms with Crippen molar-refractivity contribution in [3.63, 3.8) is 0 Å². The molecule has 6 nitrogen and oxygen atoms in total. The molecule has 2 fully saturated rings. The van der Waals surface area contributed by atoms with Crippen LogP contribution in [0, 0.1) is 11.8 Å². The van der Waals surface area contributed by atoms with Crippen LogP contribution >= 0.6 is 0 Å². The van der Waals surface area contributed by atoms with Crippen molar-refractivity contribution in [3.8, 4) is 0 Å². The summed E-state index contributed by atoms with van der Waals surface area (Å²) in [6, 6.07) is 6.71. The van der Waals surface area contributed by atoms with Gasteiger partial charge in [0.2, 0.25) is 11.8 Å². The molecule has 2 heterocycles. The lowest BCUT2D eigenvalue weighted by atomic mass is 9.98. The van der Waals surface area contributed by atoms with Gasteiger partial charge in [-0.05, 0) is 44.5 Å². The molecule has 28 heavy (non-hydrogen) atoms. The fraction of sp³-hybridized carbons (Fsp3) is 0.591. The van der Waals surface area contributed by atoms with Crippen LogP contribution in [0.4, 0.5) is 5.69 Å². The normalized spacial score (nSPS) is 23.3. The molecule has 2 aliphatic rings. The van der Waals surface area contributed by atoms with E-state index in [4.69, 9.17) is 4.74 Å². The molecule has 0 radical (unpaired) electrons. The van der Waals surface area contributed by atoms with E-state index in [1.54, 1.807) is 31.2 Å². The van der Waals surface area contributed by atoms with E-state index in [1.165, 1.54) is 12.8 Å². The maximum atomic E-state index is 12.7. The Balaban J connectivity index is 1.64. The zero-order chi connectivity index (χ0) is 20.1. The molecule has 1 aromatic rings. The van der Waals surface area contributed by atoms with E-state index in [2.05, 4.69) is 11.8 Å². The van der Waals surface area contributed by atoms with Crippen molar-refractivity contribution < 1.29 is 19.1 Å². The number of carbonyl (C=O) groups excluding carboxylic acids is 3. The van der Waals surface area contributed by atoms with Gasteiger partial charge in [0, 0.05) is 24.8 Å². The Labute approximate surface area is 166 Å². The van der Waals surface area contributed by atoms with Crippen molar-refractivity contribution in [2.75, 3.05) is 31.1 Å². The number of para-hydroxylation sites is 1. The third-order valence-corrected chi connectivity index (χ3v) is 5.62. The summed E-state index contributed by atoms with van der Waals surface area (Å²) >= 11 is 0. The summed E-state index contributed by atoms with van der Waals surface area (Å²) in [5.74, 6) is -1.02. The van der Waals surface area contributed by atoms with Crippen molar-refractivity contribution in [2.24, 2.45) is 11.8 Å². The van der Waals surface area contributed by atoms with E-state index in [-0.39, 0.29) is 29.7 Å². The van der Waals surface area contributed by atoms with E-state index in [1.807, 2.05) is 0 Å². The van der Waals surface area contributed by atoms with Gasteiger partial charge in [-0.25, -0.2) is 9.69 Å². The second-order valence-electron chi connectivity index (χ2n) is 7.95. The van der Waals surface area contributed by atoms with Crippen molar-refractivity contribution in [1.29, 1.82) is 0 Å². The first kappa shape index (κ1) is 20.5. The number of amides is 2. The molecule has 0 saturated carbocycles. The standard InChI is InChI=1S/C22H30N2O4/c1-3-4-11-23-12-7-8-17(14-23)15-28-22(27)18-9-5-6-10-19(18)24-20(25)13-16(2)21(24)26/h5-6,9-10,16-17H,3-4,7-8,11-15H2,1-2H3/t16-,17-/m0/s1. The lowest BCUT2D eigenvalue weighted by Crippen LogP contribution is -2.38. The molecule has 2 aliphatic heterocycles. The second kappa shape index (κ2) is 9.32. The van der Waals surface area contributed by atoms with Crippen LogP contribution in [0.3, 0.4) is 0 Å². The average molecular weight is 386 g/mol. The first-order valence-corrected chi connectivity index (χ1v) is 10.4. The summed E-state index contributed by atoms with van der Waals surface area (Å²) in [7, 11) is 0. The predicted molar refractivity (Wildman–Crippen MR) is 107 cm³/mol. The van der Waals surface area contributed by atoms with Crippen LogP contribution in [-0.2, 0) is 14.3 Å². The van der Waals surface area contributed by atoms with Gasteiger partial charge in [-0.2, -0.15) is 0 Å². The predicted octanol–water partition coefficient (Wildman–Crippen LogP) is 3.25. The molecule has 0 aliphatic carbocycles. The smallest absolute Gasteiger partial charge is 0.340 e. The molecule has 6 heteroatoms. The van der Waals surface area contributed by atoms with Crippen molar-refractivity contribution in [3.05, 3.63) is 29.8 Å². The number of ether oxygens (including phenoxy) is 1.